The minimum absolute atomic E-state index is 0.0746. The maximum Gasteiger partial charge on any atom is 0.230 e. The molecule has 1 atom stereocenters. The van der Waals surface area contributed by atoms with Crippen LogP contribution >= 0.6 is 0 Å². The molecule has 0 radical (unpaired) electrons. The first-order chi connectivity index (χ1) is 8.10. The molecule has 0 bridgehead atoms. The van der Waals surface area contributed by atoms with Gasteiger partial charge in [-0.2, -0.15) is 0 Å². The second kappa shape index (κ2) is 3.47. The van der Waals surface area contributed by atoms with Crippen LogP contribution in [0, 0.1) is 0 Å². The first-order valence-electron chi connectivity index (χ1n) is 5.89. The molecular weight excluding hydrogens is 216 g/mol. The van der Waals surface area contributed by atoms with Crippen molar-refractivity contribution in [2.24, 2.45) is 0 Å². The van der Waals surface area contributed by atoms with Crippen molar-refractivity contribution in [3.8, 4) is 5.75 Å². The Bertz CT molecular complexity index is 480. The number of ether oxygens (including phenoxy) is 1. The highest BCUT2D eigenvalue weighted by atomic mass is 16.5. The summed E-state index contributed by atoms with van der Waals surface area (Å²) in [7, 11) is 1.81. The fraction of sp³-hybridized carbons (Fsp3) is 0.462. The predicted molar refractivity (Wildman–Crippen MR) is 65.3 cm³/mol. The maximum atomic E-state index is 11.8. The molecular formula is C13H16N2O2. The SMILES string of the molecule is CN1C(=O)CCOc2ccc(C3(C)CN3)cc21. The summed E-state index contributed by atoms with van der Waals surface area (Å²) in [6.45, 7) is 3.61. The molecule has 1 aromatic rings. The number of nitrogens with one attached hydrogen (secondary N) is 1. The van der Waals surface area contributed by atoms with Crippen molar-refractivity contribution >= 4 is 11.6 Å². The van der Waals surface area contributed by atoms with E-state index in [1.54, 1.807) is 4.90 Å². The zero-order chi connectivity index (χ0) is 12.0. The van der Waals surface area contributed by atoms with E-state index in [9.17, 15) is 4.79 Å². The number of amides is 1. The molecule has 4 nitrogen and oxygen atoms in total. The lowest BCUT2D eigenvalue weighted by Crippen LogP contribution is -2.25. The zero-order valence-electron chi connectivity index (χ0n) is 10.1. The Kier molecular flexibility index (Phi) is 2.16. The van der Waals surface area contributed by atoms with Gasteiger partial charge >= 0.3 is 0 Å². The van der Waals surface area contributed by atoms with Gasteiger partial charge in [0.15, 0.2) is 0 Å². The van der Waals surface area contributed by atoms with Gasteiger partial charge in [0.05, 0.1) is 24.3 Å². The number of nitrogens with zero attached hydrogens (tertiary/aromatic N) is 1. The van der Waals surface area contributed by atoms with Crippen LogP contribution in [0.15, 0.2) is 18.2 Å². The van der Waals surface area contributed by atoms with Crippen LogP contribution in [-0.4, -0.2) is 26.1 Å². The summed E-state index contributed by atoms with van der Waals surface area (Å²) in [6.07, 6.45) is 0.441. The van der Waals surface area contributed by atoms with Gasteiger partial charge in [-0.3, -0.25) is 4.79 Å². The van der Waals surface area contributed by atoms with Gasteiger partial charge < -0.3 is 15.0 Å². The molecule has 2 aliphatic rings. The Balaban J connectivity index is 2.05. The molecule has 0 spiro atoms. The first kappa shape index (κ1) is 10.6. The van der Waals surface area contributed by atoms with E-state index in [1.165, 1.54) is 5.56 Å². The van der Waals surface area contributed by atoms with Crippen LogP contribution in [0.4, 0.5) is 5.69 Å². The fourth-order valence-corrected chi connectivity index (χ4v) is 2.13. The van der Waals surface area contributed by atoms with Crippen molar-refractivity contribution in [1.82, 2.24) is 5.32 Å². The molecule has 90 valence electrons. The summed E-state index contributed by atoms with van der Waals surface area (Å²) in [5.41, 5.74) is 2.16. The summed E-state index contributed by atoms with van der Waals surface area (Å²) in [4.78, 5) is 13.5. The zero-order valence-corrected chi connectivity index (χ0v) is 10.1. The molecule has 3 rings (SSSR count). The number of hydrogen-bond donors (Lipinski definition) is 1. The summed E-state index contributed by atoms with van der Waals surface area (Å²) < 4.78 is 5.59. The summed E-state index contributed by atoms with van der Waals surface area (Å²) in [5.74, 6) is 0.904. The van der Waals surface area contributed by atoms with E-state index >= 15 is 0 Å². The quantitative estimate of drug-likeness (QED) is 0.741. The summed E-state index contributed by atoms with van der Waals surface area (Å²) >= 11 is 0. The van der Waals surface area contributed by atoms with Crippen LogP contribution in [-0.2, 0) is 10.3 Å². The van der Waals surface area contributed by atoms with Crippen LogP contribution in [0.1, 0.15) is 18.9 Å². The second-order valence-corrected chi connectivity index (χ2v) is 4.92. The predicted octanol–water partition coefficient (Wildman–Crippen LogP) is 1.25. The van der Waals surface area contributed by atoms with Gasteiger partial charge in [0.25, 0.3) is 0 Å². The number of carbonyl (C=O) groups is 1. The molecule has 1 fully saturated rings. The van der Waals surface area contributed by atoms with E-state index in [0.717, 1.165) is 18.0 Å². The van der Waals surface area contributed by atoms with Gasteiger partial charge in [-0.05, 0) is 24.6 Å². The van der Waals surface area contributed by atoms with Crippen molar-refractivity contribution in [3.05, 3.63) is 23.8 Å². The third kappa shape index (κ3) is 1.69. The van der Waals surface area contributed by atoms with Crippen LogP contribution in [0.2, 0.25) is 0 Å². The maximum absolute atomic E-state index is 11.8. The van der Waals surface area contributed by atoms with Crippen LogP contribution in [0.3, 0.4) is 0 Å². The van der Waals surface area contributed by atoms with Gasteiger partial charge in [0.1, 0.15) is 5.75 Å². The van der Waals surface area contributed by atoms with Gasteiger partial charge in [0.2, 0.25) is 5.91 Å². The molecule has 17 heavy (non-hydrogen) atoms. The van der Waals surface area contributed by atoms with E-state index < -0.39 is 0 Å². The van der Waals surface area contributed by atoms with Crippen molar-refractivity contribution in [3.63, 3.8) is 0 Å². The van der Waals surface area contributed by atoms with Crippen molar-refractivity contribution < 1.29 is 9.53 Å². The molecule has 4 heteroatoms. The van der Waals surface area contributed by atoms with E-state index in [-0.39, 0.29) is 11.4 Å². The molecule has 1 N–H and O–H groups in total. The highest BCUT2D eigenvalue weighted by Crippen LogP contribution is 2.37. The van der Waals surface area contributed by atoms with Crippen LogP contribution in [0.25, 0.3) is 0 Å². The van der Waals surface area contributed by atoms with E-state index in [1.807, 2.05) is 13.1 Å². The van der Waals surface area contributed by atoms with Gasteiger partial charge in [-0.25, -0.2) is 0 Å². The molecule has 2 aliphatic heterocycles. The second-order valence-electron chi connectivity index (χ2n) is 4.92. The molecule has 1 aromatic carbocycles. The average Bonchev–Trinajstić information content (AvgIpc) is 3.08. The number of fused-ring (bicyclic) bond motifs is 1. The summed E-state index contributed by atoms with van der Waals surface area (Å²) in [5, 5.41) is 3.33. The van der Waals surface area contributed by atoms with Gasteiger partial charge in [0, 0.05) is 13.6 Å². The highest BCUT2D eigenvalue weighted by Gasteiger charge is 2.39. The molecule has 1 unspecified atom stereocenters. The van der Waals surface area contributed by atoms with Crippen molar-refractivity contribution in [1.29, 1.82) is 0 Å². The fourth-order valence-electron chi connectivity index (χ4n) is 2.13. The summed E-state index contributed by atoms with van der Waals surface area (Å²) in [6, 6.07) is 6.09. The largest absolute Gasteiger partial charge is 0.491 e. The van der Waals surface area contributed by atoms with E-state index in [4.69, 9.17) is 4.74 Å². The average molecular weight is 232 g/mol. The van der Waals surface area contributed by atoms with Gasteiger partial charge in [-0.1, -0.05) is 6.07 Å². The molecule has 2 heterocycles. The topological polar surface area (TPSA) is 51.5 Å². The third-order valence-corrected chi connectivity index (χ3v) is 3.61. The lowest BCUT2D eigenvalue weighted by atomic mass is 10.0. The minimum atomic E-state index is 0.0746. The highest BCUT2D eigenvalue weighted by molar-refractivity contribution is 5.95. The normalized spacial score (nSPS) is 27.2. The number of hydrogen-bond acceptors (Lipinski definition) is 3. The van der Waals surface area contributed by atoms with Crippen LogP contribution < -0.4 is 15.0 Å². The number of rotatable bonds is 1. The van der Waals surface area contributed by atoms with E-state index in [2.05, 4.69) is 24.4 Å². The lowest BCUT2D eigenvalue weighted by molar-refractivity contribution is -0.118. The number of carbonyl (C=O) groups excluding carboxylic acids is 1. The molecule has 1 saturated heterocycles. The Morgan fingerprint density at radius 2 is 2.24 bits per heavy atom. The van der Waals surface area contributed by atoms with Crippen molar-refractivity contribution in [2.75, 3.05) is 25.1 Å². The smallest absolute Gasteiger partial charge is 0.230 e. The Labute approximate surface area is 101 Å². The first-order valence-corrected chi connectivity index (χ1v) is 5.89. The number of anilines is 1. The Hall–Kier alpha value is -1.55. The molecule has 0 aliphatic carbocycles. The lowest BCUT2D eigenvalue weighted by Gasteiger charge is -2.18. The molecule has 1 amide bonds. The Morgan fingerprint density at radius 3 is 2.94 bits per heavy atom. The van der Waals surface area contributed by atoms with Crippen molar-refractivity contribution in [2.45, 2.75) is 18.9 Å². The Morgan fingerprint density at radius 1 is 1.47 bits per heavy atom. The standard InChI is InChI=1S/C13H16N2O2/c1-13(8-14-13)9-3-4-11-10(7-9)15(2)12(16)5-6-17-11/h3-4,7,14H,5-6,8H2,1-2H3. The third-order valence-electron chi connectivity index (χ3n) is 3.61. The van der Waals surface area contributed by atoms with Crippen LogP contribution in [0.5, 0.6) is 5.75 Å². The van der Waals surface area contributed by atoms with Gasteiger partial charge in [-0.15, -0.1) is 0 Å². The molecule has 0 aromatic heterocycles. The minimum Gasteiger partial charge on any atom is -0.491 e. The molecule has 0 saturated carbocycles. The monoisotopic (exact) mass is 232 g/mol. The number of benzene rings is 1. The van der Waals surface area contributed by atoms with E-state index in [0.29, 0.717) is 13.0 Å².